The molecule has 1 aromatic heterocycles. The molecule has 14 heavy (non-hydrogen) atoms. The van der Waals surface area contributed by atoms with Crippen LogP contribution in [0.2, 0.25) is 5.02 Å². The normalized spacial score (nSPS) is 10.4. The number of methoxy groups -OCH3 is 1. The topological polar surface area (TPSA) is 65.3 Å². The highest BCUT2D eigenvalue weighted by Crippen LogP contribution is 2.24. The fourth-order valence-electron chi connectivity index (χ4n) is 0.881. The Morgan fingerprint density at radius 3 is 3.00 bits per heavy atom. The summed E-state index contributed by atoms with van der Waals surface area (Å²) < 4.78 is 4.89. The first-order valence-corrected chi connectivity index (χ1v) is 4.03. The Morgan fingerprint density at radius 1 is 1.71 bits per heavy atom. The number of pyridine rings is 1. The van der Waals surface area contributed by atoms with Crippen molar-refractivity contribution in [3.63, 3.8) is 0 Å². The zero-order valence-corrected chi connectivity index (χ0v) is 8.06. The fourth-order valence-corrected chi connectivity index (χ4v) is 1.08. The molecule has 0 saturated carbocycles. The van der Waals surface area contributed by atoms with Crippen molar-refractivity contribution in [1.29, 1.82) is 0 Å². The molecule has 0 N–H and O–H groups in total. The second-order valence-electron chi connectivity index (χ2n) is 2.32. The van der Waals surface area contributed by atoms with Crippen molar-refractivity contribution in [2.24, 2.45) is 0 Å². The number of aromatic nitrogens is 1. The molecule has 0 bridgehead atoms. The molecule has 0 fully saturated rings. The van der Waals surface area contributed by atoms with Crippen LogP contribution < -0.4 is 4.74 Å². The van der Waals surface area contributed by atoms with Crippen LogP contribution in [0.3, 0.4) is 0 Å². The van der Waals surface area contributed by atoms with E-state index in [4.69, 9.17) is 16.3 Å². The molecule has 1 aromatic rings. The van der Waals surface area contributed by atoms with Crippen LogP contribution in [0.15, 0.2) is 18.5 Å². The lowest BCUT2D eigenvalue weighted by Gasteiger charge is -2.03. The summed E-state index contributed by atoms with van der Waals surface area (Å²) in [6, 6.07) is 1.53. The van der Waals surface area contributed by atoms with Gasteiger partial charge >= 0.3 is 0 Å². The maximum atomic E-state index is 10.1. The van der Waals surface area contributed by atoms with Gasteiger partial charge in [0.2, 0.25) is 12.1 Å². The SMILES string of the molecule is COc1nccc(Cl)c1/C=C/[N+](=O)[O-]. The van der Waals surface area contributed by atoms with E-state index < -0.39 is 4.92 Å². The van der Waals surface area contributed by atoms with Crippen molar-refractivity contribution in [3.05, 3.63) is 39.2 Å². The van der Waals surface area contributed by atoms with E-state index in [1.54, 1.807) is 0 Å². The molecule has 0 aliphatic rings. The van der Waals surface area contributed by atoms with Crippen LogP contribution in [0.4, 0.5) is 0 Å². The molecule has 0 amide bonds. The van der Waals surface area contributed by atoms with Crippen LogP contribution >= 0.6 is 11.6 Å². The highest BCUT2D eigenvalue weighted by atomic mass is 35.5. The summed E-state index contributed by atoms with van der Waals surface area (Å²) in [5.41, 5.74) is 0.397. The van der Waals surface area contributed by atoms with Gasteiger partial charge in [-0.3, -0.25) is 10.1 Å². The van der Waals surface area contributed by atoms with Gasteiger partial charge in [-0.25, -0.2) is 4.98 Å². The summed E-state index contributed by atoms with van der Waals surface area (Å²) in [6.45, 7) is 0. The van der Waals surface area contributed by atoms with Crippen molar-refractivity contribution in [3.8, 4) is 5.88 Å². The van der Waals surface area contributed by atoms with E-state index in [1.807, 2.05) is 0 Å². The first-order chi connectivity index (χ1) is 6.65. The Morgan fingerprint density at radius 2 is 2.43 bits per heavy atom. The number of hydrogen-bond acceptors (Lipinski definition) is 4. The first kappa shape index (κ1) is 10.5. The number of halogens is 1. The Balaban J connectivity index is 3.11. The van der Waals surface area contributed by atoms with Gasteiger partial charge in [-0.05, 0) is 6.07 Å². The van der Waals surface area contributed by atoms with Gasteiger partial charge in [-0.15, -0.1) is 0 Å². The van der Waals surface area contributed by atoms with Crippen LogP contribution in [-0.2, 0) is 0 Å². The minimum absolute atomic E-state index is 0.260. The van der Waals surface area contributed by atoms with Crippen molar-refractivity contribution in [2.45, 2.75) is 0 Å². The van der Waals surface area contributed by atoms with Gasteiger partial charge in [0.15, 0.2) is 0 Å². The monoisotopic (exact) mass is 214 g/mol. The van der Waals surface area contributed by atoms with E-state index in [2.05, 4.69) is 4.98 Å². The third kappa shape index (κ3) is 2.43. The quantitative estimate of drug-likeness (QED) is 0.570. The van der Waals surface area contributed by atoms with E-state index in [-0.39, 0.29) is 5.88 Å². The molecule has 0 aliphatic carbocycles. The van der Waals surface area contributed by atoms with Gasteiger partial charge < -0.3 is 4.74 Å². The van der Waals surface area contributed by atoms with Gasteiger partial charge in [0.25, 0.3) is 0 Å². The summed E-state index contributed by atoms with van der Waals surface area (Å²) in [5.74, 6) is 0.260. The van der Waals surface area contributed by atoms with Gasteiger partial charge in [-0.1, -0.05) is 11.6 Å². The number of nitrogens with zero attached hydrogens (tertiary/aromatic N) is 2. The van der Waals surface area contributed by atoms with E-state index in [1.165, 1.54) is 25.4 Å². The number of hydrogen-bond donors (Lipinski definition) is 0. The third-order valence-corrected chi connectivity index (χ3v) is 1.79. The molecule has 0 radical (unpaired) electrons. The summed E-state index contributed by atoms with van der Waals surface area (Å²) >= 11 is 5.80. The molecule has 0 aliphatic heterocycles. The standard InChI is InChI=1S/C8H7ClN2O3/c1-14-8-6(3-5-11(12)13)7(9)2-4-10-8/h2-5H,1H3/b5-3+. The highest BCUT2D eigenvalue weighted by molar-refractivity contribution is 6.32. The number of ether oxygens (including phenoxy) is 1. The molecule has 74 valence electrons. The van der Waals surface area contributed by atoms with Crippen LogP contribution in [0.1, 0.15) is 5.56 Å². The Hall–Kier alpha value is -1.62. The summed E-state index contributed by atoms with van der Waals surface area (Å²) in [7, 11) is 1.42. The van der Waals surface area contributed by atoms with Gasteiger partial charge in [0, 0.05) is 12.3 Å². The van der Waals surface area contributed by atoms with Crippen LogP contribution in [-0.4, -0.2) is 17.0 Å². The molecular weight excluding hydrogens is 208 g/mol. The van der Waals surface area contributed by atoms with Gasteiger partial charge in [0.1, 0.15) is 0 Å². The smallest absolute Gasteiger partial charge is 0.235 e. The molecule has 1 heterocycles. The maximum Gasteiger partial charge on any atom is 0.235 e. The fraction of sp³-hybridized carbons (Fsp3) is 0.125. The molecule has 0 aromatic carbocycles. The van der Waals surface area contributed by atoms with Crippen molar-refractivity contribution in [1.82, 2.24) is 4.98 Å². The second kappa shape index (κ2) is 4.57. The highest BCUT2D eigenvalue weighted by Gasteiger charge is 2.06. The lowest BCUT2D eigenvalue weighted by molar-refractivity contribution is -0.400. The Bertz CT molecular complexity index is 379. The number of rotatable bonds is 3. The molecule has 6 heteroatoms. The molecule has 0 saturated heterocycles. The van der Waals surface area contributed by atoms with Crippen LogP contribution in [0, 0.1) is 10.1 Å². The van der Waals surface area contributed by atoms with Crippen LogP contribution in [0.25, 0.3) is 6.08 Å². The Labute approximate surface area is 85.1 Å². The van der Waals surface area contributed by atoms with Gasteiger partial charge in [0.05, 0.1) is 22.6 Å². The summed E-state index contributed by atoms with van der Waals surface area (Å²) in [5, 5.41) is 10.5. The second-order valence-corrected chi connectivity index (χ2v) is 2.72. The van der Waals surface area contributed by atoms with Crippen molar-refractivity contribution < 1.29 is 9.66 Å². The summed E-state index contributed by atoms with van der Waals surface area (Å²) in [4.78, 5) is 13.4. The maximum absolute atomic E-state index is 10.1. The first-order valence-electron chi connectivity index (χ1n) is 3.65. The minimum Gasteiger partial charge on any atom is -0.481 e. The molecule has 0 spiro atoms. The predicted molar refractivity (Wildman–Crippen MR) is 51.8 cm³/mol. The molecular formula is C8H7ClN2O3. The van der Waals surface area contributed by atoms with Crippen molar-refractivity contribution in [2.75, 3.05) is 7.11 Å². The molecule has 5 nitrogen and oxygen atoms in total. The third-order valence-electron chi connectivity index (χ3n) is 1.46. The zero-order chi connectivity index (χ0) is 10.6. The summed E-state index contributed by atoms with van der Waals surface area (Å²) in [6.07, 6.45) is 3.49. The van der Waals surface area contributed by atoms with Gasteiger partial charge in [-0.2, -0.15) is 0 Å². The molecule has 0 unspecified atom stereocenters. The number of nitro groups is 1. The van der Waals surface area contributed by atoms with E-state index in [0.717, 1.165) is 6.20 Å². The van der Waals surface area contributed by atoms with E-state index >= 15 is 0 Å². The molecule has 1 rings (SSSR count). The van der Waals surface area contributed by atoms with Crippen LogP contribution in [0.5, 0.6) is 5.88 Å². The van der Waals surface area contributed by atoms with E-state index in [0.29, 0.717) is 10.6 Å². The largest absolute Gasteiger partial charge is 0.481 e. The lowest BCUT2D eigenvalue weighted by atomic mass is 10.2. The molecule has 0 atom stereocenters. The minimum atomic E-state index is -0.581. The van der Waals surface area contributed by atoms with Crippen molar-refractivity contribution >= 4 is 17.7 Å². The lowest BCUT2D eigenvalue weighted by Crippen LogP contribution is -1.92. The Kier molecular flexibility index (Phi) is 3.41. The van der Waals surface area contributed by atoms with E-state index in [9.17, 15) is 10.1 Å². The average molecular weight is 215 g/mol. The zero-order valence-electron chi connectivity index (χ0n) is 7.31. The predicted octanol–water partition coefficient (Wildman–Crippen LogP) is 1.99. The average Bonchev–Trinajstić information content (AvgIpc) is 2.15.